The molecule has 2 nitrogen and oxygen atoms in total. The normalized spacial score (nSPS) is 20.2. The lowest BCUT2D eigenvalue weighted by atomic mass is 9.95. The van der Waals surface area contributed by atoms with Crippen molar-refractivity contribution in [2.24, 2.45) is 5.73 Å². The molecule has 2 rings (SSSR count). The topological polar surface area (TPSA) is 29.3 Å². The molecular formula is C17H28N2. The Hall–Kier alpha value is -0.860. The van der Waals surface area contributed by atoms with E-state index in [1.54, 1.807) is 0 Å². The number of benzene rings is 1. The average Bonchev–Trinajstić information content (AvgIpc) is 2.42. The highest BCUT2D eigenvalue weighted by Crippen LogP contribution is 2.27. The molecule has 19 heavy (non-hydrogen) atoms. The molecule has 0 radical (unpaired) electrons. The van der Waals surface area contributed by atoms with Crippen LogP contribution in [0.25, 0.3) is 0 Å². The Kier molecular flexibility index (Phi) is 5.41. The first kappa shape index (κ1) is 14.5. The van der Waals surface area contributed by atoms with E-state index in [-0.39, 0.29) is 6.04 Å². The summed E-state index contributed by atoms with van der Waals surface area (Å²) in [6.07, 6.45) is 6.39. The summed E-state index contributed by atoms with van der Waals surface area (Å²) in [6, 6.07) is 9.70. The minimum atomic E-state index is 0.190. The summed E-state index contributed by atoms with van der Waals surface area (Å²) in [4.78, 5) is 2.57. The molecule has 2 unspecified atom stereocenters. The zero-order valence-electron chi connectivity index (χ0n) is 12.4. The smallest absolute Gasteiger partial charge is 0.0496 e. The number of likely N-dealkylation sites (tertiary alicyclic amines) is 1. The number of nitrogens with zero attached hydrogens (tertiary/aromatic N) is 1. The van der Waals surface area contributed by atoms with Gasteiger partial charge in [0.05, 0.1) is 0 Å². The fraction of sp³-hybridized carbons (Fsp3) is 0.647. The zero-order chi connectivity index (χ0) is 13.7. The molecule has 0 aromatic heterocycles. The quantitative estimate of drug-likeness (QED) is 0.878. The Bertz CT molecular complexity index is 363. The van der Waals surface area contributed by atoms with Gasteiger partial charge in [-0.3, -0.25) is 4.90 Å². The van der Waals surface area contributed by atoms with Gasteiger partial charge in [-0.25, -0.2) is 0 Å². The largest absolute Gasteiger partial charge is 0.326 e. The van der Waals surface area contributed by atoms with Crippen LogP contribution in [0.2, 0.25) is 0 Å². The Morgan fingerprint density at radius 2 is 1.74 bits per heavy atom. The number of piperidine rings is 1. The first-order valence-corrected chi connectivity index (χ1v) is 7.81. The summed E-state index contributed by atoms with van der Waals surface area (Å²) < 4.78 is 0. The highest BCUT2D eigenvalue weighted by atomic mass is 15.2. The molecule has 0 aliphatic carbocycles. The summed E-state index contributed by atoms with van der Waals surface area (Å²) >= 11 is 0. The van der Waals surface area contributed by atoms with Crippen LogP contribution in [0.1, 0.15) is 56.7 Å². The van der Waals surface area contributed by atoms with Gasteiger partial charge in [-0.15, -0.1) is 0 Å². The van der Waals surface area contributed by atoms with Gasteiger partial charge in [0.1, 0.15) is 0 Å². The molecule has 0 bridgehead atoms. The lowest BCUT2D eigenvalue weighted by molar-refractivity contribution is 0.146. The Morgan fingerprint density at radius 3 is 2.26 bits per heavy atom. The predicted octanol–water partition coefficient (Wildman–Crippen LogP) is 3.51. The van der Waals surface area contributed by atoms with Crippen LogP contribution in [0.4, 0.5) is 0 Å². The van der Waals surface area contributed by atoms with E-state index in [0.717, 1.165) is 0 Å². The third kappa shape index (κ3) is 3.80. The van der Waals surface area contributed by atoms with Gasteiger partial charge >= 0.3 is 0 Å². The highest BCUT2D eigenvalue weighted by Gasteiger charge is 2.25. The van der Waals surface area contributed by atoms with Gasteiger partial charge in [0, 0.05) is 12.1 Å². The van der Waals surface area contributed by atoms with Crippen molar-refractivity contribution in [1.82, 2.24) is 4.90 Å². The van der Waals surface area contributed by atoms with E-state index in [1.165, 1.54) is 56.3 Å². The van der Waals surface area contributed by atoms with E-state index in [0.29, 0.717) is 6.04 Å². The average molecular weight is 260 g/mol. The van der Waals surface area contributed by atoms with Crippen molar-refractivity contribution >= 4 is 0 Å². The van der Waals surface area contributed by atoms with Crippen LogP contribution in [0.3, 0.4) is 0 Å². The lowest BCUT2D eigenvalue weighted by Gasteiger charge is -2.37. The van der Waals surface area contributed by atoms with E-state index in [1.807, 2.05) is 0 Å². The molecular weight excluding hydrogens is 232 g/mol. The molecule has 106 valence electrons. The van der Waals surface area contributed by atoms with E-state index in [2.05, 4.69) is 43.0 Å². The van der Waals surface area contributed by atoms with Crippen molar-refractivity contribution in [2.75, 3.05) is 13.1 Å². The van der Waals surface area contributed by atoms with Gasteiger partial charge in [-0.1, -0.05) is 44.0 Å². The van der Waals surface area contributed by atoms with Crippen molar-refractivity contribution in [3.63, 3.8) is 0 Å². The predicted molar refractivity (Wildman–Crippen MR) is 82.3 cm³/mol. The summed E-state index contributed by atoms with van der Waals surface area (Å²) in [6.45, 7) is 6.76. The first-order valence-electron chi connectivity index (χ1n) is 7.81. The van der Waals surface area contributed by atoms with Crippen LogP contribution in [0, 0.1) is 0 Å². The molecule has 0 spiro atoms. The van der Waals surface area contributed by atoms with Gasteiger partial charge in [0.2, 0.25) is 0 Å². The molecule has 1 aromatic rings. The first-order chi connectivity index (χ1) is 9.22. The molecule has 0 saturated carbocycles. The Balaban J connectivity index is 2.13. The van der Waals surface area contributed by atoms with E-state index in [4.69, 9.17) is 5.73 Å². The minimum absolute atomic E-state index is 0.190. The standard InChI is InChI=1S/C17H28N2/c1-3-7-15-8-10-16(11-9-15)17(14(2)18)19-12-5-4-6-13-19/h8-11,14,17H,3-7,12-13,18H2,1-2H3. The highest BCUT2D eigenvalue weighted by molar-refractivity contribution is 5.26. The molecule has 2 atom stereocenters. The van der Waals surface area contributed by atoms with Gasteiger partial charge < -0.3 is 5.73 Å². The van der Waals surface area contributed by atoms with Crippen LogP contribution >= 0.6 is 0 Å². The maximum atomic E-state index is 6.25. The van der Waals surface area contributed by atoms with Gasteiger partial charge in [0.15, 0.2) is 0 Å². The maximum absolute atomic E-state index is 6.25. The maximum Gasteiger partial charge on any atom is 0.0496 e. The molecule has 2 heteroatoms. The number of hydrogen-bond donors (Lipinski definition) is 1. The summed E-state index contributed by atoms with van der Waals surface area (Å²) in [5.74, 6) is 0. The van der Waals surface area contributed by atoms with E-state index >= 15 is 0 Å². The van der Waals surface area contributed by atoms with Crippen LogP contribution in [-0.2, 0) is 6.42 Å². The van der Waals surface area contributed by atoms with Crippen LogP contribution < -0.4 is 5.73 Å². The fourth-order valence-corrected chi connectivity index (χ4v) is 3.21. The fourth-order valence-electron chi connectivity index (χ4n) is 3.21. The van der Waals surface area contributed by atoms with Crippen molar-refractivity contribution in [3.8, 4) is 0 Å². The SMILES string of the molecule is CCCc1ccc(C(C(C)N)N2CCCCC2)cc1. The van der Waals surface area contributed by atoms with Crippen molar-refractivity contribution in [2.45, 2.75) is 58.0 Å². The number of nitrogens with two attached hydrogens (primary N) is 1. The number of aryl methyl sites for hydroxylation is 1. The molecule has 1 heterocycles. The van der Waals surface area contributed by atoms with Crippen LogP contribution in [0.15, 0.2) is 24.3 Å². The second kappa shape index (κ2) is 7.06. The third-order valence-corrected chi connectivity index (χ3v) is 4.14. The Morgan fingerprint density at radius 1 is 1.11 bits per heavy atom. The van der Waals surface area contributed by atoms with E-state index < -0.39 is 0 Å². The van der Waals surface area contributed by atoms with Crippen molar-refractivity contribution < 1.29 is 0 Å². The monoisotopic (exact) mass is 260 g/mol. The second-order valence-corrected chi connectivity index (χ2v) is 5.89. The van der Waals surface area contributed by atoms with Crippen LogP contribution in [-0.4, -0.2) is 24.0 Å². The number of hydrogen-bond acceptors (Lipinski definition) is 2. The summed E-state index contributed by atoms with van der Waals surface area (Å²) in [5.41, 5.74) is 9.08. The summed E-state index contributed by atoms with van der Waals surface area (Å²) in [7, 11) is 0. The van der Waals surface area contributed by atoms with E-state index in [9.17, 15) is 0 Å². The lowest BCUT2D eigenvalue weighted by Crippen LogP contribution is -2.42. The minimum Gasteiger partial charge on any atom is -0.326 e. The molecule has 1 aliphatic heterocycles. The molecule has 1 fully saturated rings. The molecule has 1 saturated heterocycles. The van der Waals surface area contributed by atoms with Crippen LogP contribution in [0.5, 0.6) is 0 Å². The van der Waals surface area contributed by atoms with Gasteiger partial charge in [-0.2, -0.15) is 0 Å². The molecule has 1 aliphatic rings. The molecule has 2 N–H and O–H groups in total. The Labute approximate surface area is 118 Å². The second-order valence-electron chi connectivity index (χ2n) is 5.89. The molecule has 1 aromatic carbocycles. The third-order valence-electron chi connectivity index (χ3n) is 4.14. The summed E-state index contributed by atoms with van der Waals surface area (Å²) in [5, 5.41) is 0. The zero-order valence-corrected chi connectivity index (χ0v) is 12.4. The van der Waals surface area contributed by atoms with Crippen molar-refractivity contribution in [1.29, 1.82) is 0 Å². The molecule has 0 amide bonds. The van der Waals surface area contributed by atoms with Crippen molar-refractivity contribution in [3.05, 3.63) is 35.4 Å². The van der Waals surface area contributed by atoms with Gasteiger partial charge in [0.25, 0.3) is 0 Å². The number of rotatable bonds is 5. The van der Waals surface area contributed by atoms with Gasteiger partial charge in [-0.05, 0) is 50.4 Å².